The molecule has 0 aliphatic heterocycles. The molecule has 7 nitrogen and oxygen atoms in total. The maximum Gasteiger partial charge on any atom is 0.244 e. The van der Waals surface area contributed by atoms with Crippen molar-refractivity contribution < 1.29 is 18.0 Å². The number of hydrogen-bond donors (Lipinski definition) is 1. The third-order valence-corrected chi connectivity index (χ3v) is 8.06. The summed E-state index contributed by atoms with van der Waals surface area (Å²) in [6.45, 7) is 3.67. The van der Waals surface area contributed by atoms with Gasteiger partial charge in [-0.05, 0) is 54.3 Å². The first-order valence-electron chi connectivity index (χ1n) is 12.6. The molecule has 1 atom stereocenters. The molecule has 10 heteroatoms. The van der Waals surface area contributed by atoms with Gasteiger partial charge in [-0.15, -0.1) is 0 Å². The summed E-state index contributed by atoms with van der Waals surface area (Å²) in [6.07, 6.45) is 2.02. The van der Waals surface area contributed by atoms with E-state index in [-0.39, 0.29) is 18.9 Å². The van der Waals surface area contributed by atoms with Gasteiger partial charge in [0.2, 0.25) is 21.8 Å². The predicted molar refractivity (Wildman–Crippen MR) is 158 cm³/mol. The quantitative estimate of drug-likeness (QED) is 0.313. The Bertz CT molecular complexity index is 1380. The van der Waals surface area contributed by atoms with E-state index in [9.17, 15) is 18.0 Å². The van der Waals surface area contributed by atoms with Crippen LogP contribution in [0.15, 0.2) is 72.8 Å². The Morgan fingerprint density at radius 3 is 2.21 bits per heavy atom. The first kappa shape index (κ1) is 30.5. The number of anilines is 1. The Hall–Kier alpha value is -3.07. The molecular formula is C29H33Cl2N3O4S. The highest BCUT2D eigenvalue weighted by molar-refractivity contribution is 7.92. The second-order valence-corrected chi connectivity index (χ2v) is 12.0. The van der Waals surface area contributed by atoms with Crippen molar-refractivity contribution >= 4 is 50.7 Å². The first-order valence-corrected chi connectivity index (χ1v) is 15.2. The summed E-state index contributed by atoms with van der Waals surface area (Å²) in [5, 5.41) is 3.83. The molecule has 0 radical (unpaired) electrons. The molecule has 0 spiro atoms. The van der Waals surface area contributed by atoms with E-state index in [1.165, 1.54) is 4.90 Å². The van der Waals surface area contributed by atoms with E-state index in [0.717, 1.165) is 28.1 Å². The first-order chi connectivity index (χ1) is 18.5. The molecule has 3 rings (SSSR count). The van der Waals surface area contributed by atoms with Crippen molar-refractivity contribution in [1.82, 2.24) is 10.2 Å². The molecule has 1 N–H and O–H groups in total. The second kappa shape index (κ2) is 13.8. The van der Waals surface area contributed by atoms with Crippen LogP contribution >= 0.6 is 23.2 Å². The van der Waals surface area contributed by atoms with Crippen molar-refractivity contribution in [3.63, 3.8) is 0 Å². The van der Waals surface area contributed by atoms with Gasteiger partial charge in [0.05, 0.1) is 11.9 Å². The van der Waals surface area contributed by atoms with Gasteiger partial charge in [0.1, 0.15) is 12.6 Å². The lowest BCUT2D eigenvalue weighted by Crippen LogP contribution is -2.53. The van der Waals surface area contributed by atoms with E-state index in [0.29, 0.717) is 27.8 Å². The van der Waals surface area contributed by atoms with Gasteiger partial charge in [-0.1, -0.05) is 78.7 Å². The van der Waals surface area contributed by atoms with Gasteiger partial charge >= 0.3 is 0 Å². The average molecular weight is 591 g/mol. The number of halogens is 2. The Balaban J connectivity index is 2.06. The van der Waals surface area contributed by atoms with Gasteiger partial charge in [-0.25, -0.2) is 8.42 Å². The molecule has 208 valence electrons. The molecule has 2 amide bonds. The van der Waals surface area contributed by atoms with Crippen molar-refractivity contribution in [3.8, 4) is 0 Å². The van der Waals surface area contributed by atoms with E-state index in [4.69, 9.17) is 23.2 Å². The summed E-state index contributed by atoms with van der Waals surface area (Å²) < 4.78 is 26.8. The summed E-state index contributed by atoms with van der Waals surface area (Å²) in [4.78, 5) is 28.9. The van der Waals surface area contributed by atoms with Crippen LogP contribution in [-0.2, 0) is 32.6 Å². The molecule has 0 saturated carbocycles. The van der Waals surface area contributed by atoms with Crippen LogP contribution in [0.25, 0.3) is 0 Å². The average Bonchev–Trinajstić information content (AvgIpc) is 2.90. The summed E-state index contributed by atoms with van der Waals surface area (Å²) in [5.74, 6) is -0.838. The third kappa shape index (κ3) is 8.46. The Labute approximate surface area is 240 Å². The van der Waals surface area contributed by atoms with Crippen molar-refractivity contribution in [1.29, 1.82) is 0 Å². The number of nitrogens with one attached hydrogen (secondary N) is 1. The van der Waals surface area contributed by atoms with Gasteiger partial charge in [-0.2, -0.15) is 0 Å². The predicted octanol–water partition coefficient (Wildman–Crippen LogP) is 5.23. The maximum atomic E-state index is 14.0. The van der Waals surface area contributed by atoms with E-state index in [2.05, 4.69) is 5.32 Å². The summed E-state index contributed by atoms with van der Waals surface area (Å²) in [6, 6.07) is 20.4. The van der Waals surface area contributed by atoms with Crippen LogP contribution in [0.2, 0.25) is 10.0 Å². The zero-order valence-electron chi connectivity index (χ0n) is 22.2. The third-order valence-electron chi connectivity index (χ3n) is 6.27. The molecular weight excluding hydrogens is 557 g/mol. The van der Waals surface area contributed by atoms with Crippen molar-refractivity contribution in [3.05, 3.63) is 99.5 Å². The maximum absolute atomic E-state index is 14.0. The highest BCUT2D eigenvalue weighted by atomic mass is 35.5. The molecule has 3 aromatic carbocycles. The summed E-state index contributed by atoms with van der Waals surface area (Å²) >= 11 is 12.4. The van der Waals surface area contributed by atoms with Crippen LogP contribution < -0.4 is 9.62 Å². The highest BCUT2D eigenvalue weighted by Gasteiger charge is 2.33. The topological polar surface area (TPSA) is 86.8 Å². The van der Waals surface area contributed by atoms with Crippen LogP contribution in [0.3, 0.4) is 0 Å². The monoisotopic (exact) mass is 589 g/mol. The Kier molecular flexibility index (Phi) is 10.8. The fourth-order valence-corrected chi connectivity index (χ4v) is 5.36. The minimum Gasteiger partial charge on any atom is -0.354 e. The van der Waals surface area contributed by atoms with Crippen LogP contribution in [0, 0.1) is 6.92 Å². The molecule has 0 aliphatic rings. The van der Waals surface area contributed by atoms with E-state index in [1.54, 1.807) is 49.4 Å². The molecule has 0 aliphatic carbocycles. The zero-order chi connectivity index (χ0) is 28.6. The molecule has 3 aromatic rings. The van der Waals surface area contributed by atoms with Crippen LogP contribution in [0.1, 0.15) is 30.0 Å². The van der Waals surface area contributed by atoms with Crippen molar-refractivity contribution in [2.24, 2.45) is 0 Å². The summed E-state index contributed by atoms with van der Waals surface area (Å²) in [5.41, 5.74) is 2.45. The van der Waals surface area contributed by atoms with E-state index < -0.39 is 28.5 Å². The van der Waals surface area contributed by atoms with Crippen molar-refractivity contribution in [2.75, 3.05) is 23.7 Å². The fourth-order valence-electron chi connectivity index (χ4n) is 4.17. The smallest absolute Gasteiger partial charge is 0.244 e. The van der Waals surface area contributed by atoms with Crippen LogP contribution in [0.4, 0.5) is 5.69 Å². The van der Waals surface area contributed by atoms with Gasteiger partial charge in [0, 0.05) is 29.6 Å². The molecule has 39 heavy (non-hydrogen) atoms. The van der Waals surface area contributed by atoms with Crippen LogP contribution in [0.5, 0.6) is 0 Å². The molecule has 0 unspecified atom stereocenters. The fraction of sp³-hybridized carbons (Fsp3) is 0.310. The number of nitrogens with zero attached hydrogens (tertiary/aromatic N) is 2. The largest absolute Gasteiger partial charge is 0.354 e. The van der Waals surface area contributed by atoms with Gasteiger partial charge in [-0.3, -0.25) is 13.9 Å². The van der Waals surface area contributed by atoms with E-state index in [1.807, 2.05) is 37.3 Å². The second-order valence-electron chi connectivity index (χ2n) is 9.30. The number of sulfonamides is 1. The molecule has 0 aromatic heterocycles. The number of rotatable bonds is 12. The number of benzene rings is 3. The molecule has 0 heterocycles. The van der Waals surface area contributed by atoms with Crippen molar-refractivity contribution in [2.45, 2.75) is 39.3 Å². The minimum absolute atomic E-state index is 0.0825. The van der Waals surface area contributed by atoms with Gasteiger partial charge in [0.25, 0.3) is 0 Å². The number of carbonyl (C=O) groups is 2. The zero-order valence-corrected chi connectivity index (χ0v) is 24.6. The lowest BCUT2D eigenvalue weighted by atomic mass is 10.0. The van der Waals surface area contributed by atoms with E-state index >= 15 is 0 Å². The number of carbonyl (C=O) groups excluding carboxylic acids is 2. The van der Waals surface area contributed by atoms with Gasteiger partial charge < -0.3 is 10.2 Å². The highest BCUT2D eigenvalue weighted by Crippen LogP contribution is 2.28. The Morgan fingerprint density at radius 2 is 1.59 bits per heavy atom. The lowest BCUT2D eigenvalue weighted by molar-refractivity contribution is -0.140. The van der Waals surface area contributed by atoms with Crippen LogP contribution in [-0.4, -0.2) is 50.5 Å². The minimum atomic E-state index is -3.87. The standard InChI is InChI=1S/C29H33Cl2N3O4S/c1-4-17-32-29(36)27(18-22-9-6-5-7-10-22)33(19-23-13-15-24(30)16-14-23)28(35)20-34(39(3,37)38)26-12-8-11-25(31)21(26)2/h5-16,27H,4,17-20H2,1-3H3,(H,32,36)/t27-/m1/s1. The number of amides is 2. The molecule has 0 fully saturated rings. The number of hydrogen-bond acceptors (Lipinski definition) is 4. The SMILES string of the molecule is CCCNC(=O)[C@@H](Cc1ccccc1)N(Cc1ccc(Cl)cc1)C(=O)CN(c1cccc(Cl)c1C)S(C)(=O)=O. The van der Waals surface area contributed by atoms with Gasteiger partial charge in [0.15, 0.2) is 0 Å². The molecule has 0 bridgehead atoms. The molecule has 0 saturated heterocycles. The lowest BCUT2D eigenvalue weighted by Gasteiger charge is -2.34. The summed E-state index contributed by atoms with van der Waals surface area (Å²) in [7, 11) is -3.87. The Morgan fingerprint density at radius 1 is 0.923 bits per heavy atom. The normalized spacial score (nSPS) is 12.0.